The van der Waals surface area contributed by atoms with Gasteiger partial charge in [-0.2, -0.15) is 0 Å². The van der Waals surface area contributed by atoms with Crippen molar-refractivity contribution in [2.45, 2.75) is 31.7 Å². The Hall–Kier alpha value is -2.61. The highest BCUT2D eigenvalue weighted by molar-refractivity contribution is 7.92. The molecule has 0 aliphatic carbocycles. The van der Waals surface area contributed by atoms with Crippen molar-refractivity contribution in [1.29, 1.82) is 0 Å². The van der Waals surface area contributed by atoms with Crippen molar-refractivity contribution in [2.75, 3.05) is 11.4 Å². The van der Waals surface area contributed by atoms with E-state index in [1.165, 1.54) is 11.4 Å². The predicted molar refractivity (Wildman–Crippen MR) is 95.9 cm³/mol. The molecule has 140 valence electrons. The topological polar surface area (TPSA) is 83.9 Å². The highest BCUT2D eigenvalue weighted by atomic mass is 32.2. The van der Waals surface area contributed by atoms with Gasteiger partial charge in [-0.05, 0) is 62.7 Å². The fraction of sp³-hybridized carbons (Fsp3) is 0.278. The number of ether oxygens (including phenoxy) is 1. The lowest BCUT2D eigenvalue weighted by atomic mass is 10.2. The van der Waals surface area contributed by atoms with Gasteiger partial charge in [0.25, 0.3) is 10.0 Å². The molecule has 2 aromatic rings. The minimum atomic E-state index is -4.11. The van der Waals surface area contributed by atoms with Crippen molar-refractivity contribution >= 4 is 21.7 Å². The SMILES string of the molecule is COc1ccc(N(C(C)C)S(=O)(=O)c2ccc(F)c(C(=O)O)c2)c(C)c1. The number of methoxy groups -OCH3 is 1. The molecule has 1 N–H and O–H groups in total. The lowest BCUT2D eigenvalue weighted by molar-refractivity contribution is 0.0691. The molecule has 0 bridgehead atoms. The maximum atomic E-state index is 13.6. The smallest absolute Gasteiger partial charge is 0.338 e. The molecule has 0 spiro atoms. The van der Waals surface area contributed by atoms with Crippen LogP contribution in [0.15, 0.2) is 41.3 Å². The molecule has 0 fully saturated rings. The molecule has 2 aromatic carbocycles. The number of benzene rings is 2. The molecule has 26 heavy (non-hydrogen) atoms. The van der Waals surface area contributed by atoms with Crippen LogP contribution in [0.5, 0.6) is 5.75 Å². The monoisotopic (exact) mass is 381 g/mol. The maximum Gasteiger partial charge on any atom is 0.338 e. The fourth-order valence-corrected chi connectivity index (χ4v) is 4.38. The van der Waals surface area contributed by atoms with Crippen LogP contribution in [-0.2, 0) is 10.0 Å². The molecule has 0 saturated heterocycles. The molecule has 0 atom stereocenters. The zero-order chi connectivity index (χ0) is 19.6. The summed E-state index contributed by atoms with van der Waals surface area (Å²) < 4.78 is 46.3. The molecule has 0 saturated carbocycles. The van der Waals surface area contributed by atoms with Crippen molar-refractivity contribution in [1.82, 2.24) is 0 Å². The summed E-state index contributed by atoms with van der Waals surface area (Å²) in [5, 5.41) is 9.06. The van der Waals surface area contributed by atoms with Gasteiger partial charge >= 0.3 is 5.97 Å². The number of nitrogens with zero attached hydrogens (tertiary/aromatic N) is 1. The van der Waals surface area contributed by atoms with E-state index in [1.54, 1.807) is 39.0 Å². The molecular formula is C18H20FNO5S. The van der Waals surface area contributed by atoms with Crippen LogP contribution in [0, 0.1) is 12.7 Å². The normalized spacial score (nSPS) is 11.5. The Morgan fingerprint density at radius 3 is 2.35 bits per heavy atom. The van der Waals surface area contributed by atoms with E-state index in [9.17, 15) is 17.6 Å². The first-order chi connectivity index (χ1) is 12.1. The van der Waals surface area contributed by atoms with Crippen LogP contribution < -0.4 is 9.04 Å². The third-order valence-electron chi connectivity index (χ3n) is 3.84. The Morgan fingerprint density at radius 2 is 1.85 bits per heavy atom. The first kappa shape index (κ1) is 19.7. The van der Waals surface area contributed by atoms with Gasteiger partial charge in [0, 0.05) is 6.04 Å². The Bertz CT molecular complexity index is 941. The van der Waals surface area contributed by atoms with Crippen LogP contribution in [0.3, 0.4) is 0 Å². The van der Waals surface area contributed by atoms with Crippen LogP contribution in [0.2, 0.25) is 0 Å². The third kappa shape index (κ3) is 3.65. The standard InChI is InChI=1S/C18H20FNO5S/c1-11(2)20(17-8-5-13(25-4)9-12(17)3)26(23,24)14-6-7-16(19)15(10-14)18(21)22/h5-11H,1-4H3,(H,21,22). The van der Waals surface area contributed by atoms with Crippen molar-refractivity contribution in [3.63, 3.8) is 0 Å². The van der Waals surface area contributed by atoms with Crippen LogP contribution in [0.25, 0.3) is 0 Å². The Balaban J connectivity index is 2.63. The van der Waals surface area contributed by atoms with Crippen molar-refractivity contribution in [3.05, 3.63) is 53.3 Å². The van der Waals surface area contributed by atoms with Crippen molar-refractivity contribution in [2.24, 2.45) is 0 Å². The minimum absolute atomic E-state index is 0.291. The Morgan fingerprint density at radius 1 is 1.19 bits per heavy atom. The molecule has 0 aromatic heterocycles. The van der Waals surface area contributed by atoms with Crippen LogP contribution in [-0.4, -0.2) is 32.6 Å². The molecular weight excluding hydrogens is 361 g/mol. The van der Waals surface area contributed by atoms with E-state index in [-0.39, 0.29) is 4.90 Å². The first-order valence-electron chi connectivity index (χ1n) is 7.81. The number of anilines is 1. The summed E-state index contributed by atoms with van der Waals surface area (Å²) in [4.78, 5) is 10.8. The summed E-state index contributed by atoms with van der Waals surface area (Å²) in [5.41, 5.74) is 0.408. The number of carboxylic acid groups (broad SMARTS) is 1. The summed E-state index contributed by atoms with van der Waals surface area (Å²) in [6.07, 6.45) is 0. The molecule has 6 nitrogen and oxygen atoms in total. The number of aromatic carboxylic acids is 1. The number of hydrogen-bond donors (Lipinski definition) is 1. The highest BCUT2D eigenvalue weighted by Gasteiger charge is 2.30. The zero-order valence-electron chi connectivity index (χ0n) is 14.9. The number of sulfonamides is 1. The Kier molecular flexibility index (Phi) is 5.56. The van der Waals surface area contributed by atoms with E-state index >= 15 is 0 Å². The predicted octanol–water partition coefficient (Wildman–Crippen LogP) is 3.44. The molecule has 8 heteroatoms. The minimum Gasteiger partial charge on any atom is -0.497 e. The van der Waals surface area contributed by atoms with Crippen LogP contribution in [0.1, 0.15) is 29.8 Å². The van der Waals surface area contributed by atoms with E-state index in [4.69, 9.17) is 9.84 Å². The number of rotatable bonds is 6. The van der Waals surface area contributed by atoms with Crippen molar-refractivity contribution < 1.29 is 27.4 Å². The maximum absolute atomic E-state index is 13.6. The lowest BCUT2D eigenvalue weighted by Crippen LogP contribution is -2.37. The molecule has 0 radical (unpaired) electrons. The van der Waals surface area contributed by atoms with Gasteiger partial charge < -0.3 is 9.84 Å². The summed E-state index contributed by atoms with van der Waals surface area (Å²) in [5.74, 6) is -1.94. The molecule has 0 amide bonds. The van der Waals surface area contributed by atoms with Crippen molar-refractivity contribution in [3.8, 4) is 5.75 Å². The number of carboxylic acids is 1. The number of halogens is 1. The summed E-state index contributed by atoms with van der Waals surface area (Å²) in [7, 11) is -2.59. The Labute approximate surface area is 151 Å². The summed E-state index contributed by atoms with van der Waals surface area (Å²) in [6.45, 7) is 5.14. The molecule has 0 aliphatic rings. The molecule has 0 aliphatic heterocycles. The largest absolute Gasteiger partial charge is 0.497 e. The van der Waals surface area contributed by atoms with Gasteiger partial charge in [0.1, 0.15) is 11.6 Å². The third-order valence-corrected chi connectivity index (χ3v) is 5.82. The fourth-order valence-electron chi connectivity index (χ4n) is 2.63. The van der Waals surface area contributed by atoms with E-state index in [0.29, 0.717) is 17.0 Å². The lowest BCUT2D eigenvalue weighted by Gasteiger charge is -2.30. The van der Waals surface area contributed by atoms with E-state index in [0.717, 1.165) is 18.2 Å². The molecule has 0 heterocycles. The summed E-state index contributed by atoms with van der Waals surface area (Å²) in [6, 6.07) is 7.24. The molecule has 2 rings (SSSR count). The van der Waals surface area contributed by atoms with Crippen LogP contribution >= 0.6 is 0 Å². The average Bonchev–Trinajstić information content (AvgIpc) is 2.55. The van der Waals surface area contributed by atoms with Gasteiger partial charge in [-0.15, -0.1) is 0 Å². The first-order valence-corrected chi connectivity index (χ1v) is 9.25. The quantitative estimate of drug-likeness (QED) is 0.829. The molecule has 0 unspecified atom stereocenters. The van der Waals surface area contributed by atoms with E-state index in [2.05, 4.69) is 0 Å². The van der Waals surface area contributed by atoms with E-state index < -0.39 is 33.4 Å². The van der Waals surface area contributed by atoms with Gasteiger partial charge in [-0.3, -0.25) is 4.31 Å². The van der Waals surface area contributed by atoms with Gasteiger partial charge in [-0.25, -0.2) is 17.6 Å². The average molecular weight is 381 g/mol. The second-order valence-corrected chi connectivity index (χ2v) is 7.81. The summed E-state index contributed by atoms with van der Waals surface area (Å²) >= 11 is 0. The number of aryl methyl sites for hydroxylation is 1. The highest BCUT2D eigenvalue weighted by Crippen LogP contribution is 2.31. The van der Waals surface area contributed by atoms with Gasteiger partial charge in [0.2, 0.25) is 0 Å². The number of hydrogen-bond acceptors (Lipinski definition) is 4. The van der Waals surface area contributed by atoms with Gasteiger partial charge in [-0.1, -0.05) is 0 Å². The number of carbonyl (C=O) groups is 1. The van der Waals surface area contributed by atoms with Crippen LogP contribution in [0.4, 0.5) is 10.1 Å². The van der Waals surface area contributed by atoms with E-state index in [1.807, 2.05) is 0 Å². The van der Waals surface area contributed by atoms with Gasteiger partial charge in [0.15, 0.2) is 0 Å². The second-order valence-electron chi connectivity index (χ2n) is 5.99. The van der Waals surface area contributed by atoms with Gasteiger partial charge in [0.05, 0.1) is 23.3 Å². The zero-order valence-corrected chi connectivity index (χ0v) is 15.7. The second kappa shape index (κ2) is 7.33.